The molecule has 2 aromatic carbocycles. The van der Waals surface area contributed by atoms with Gasteiger partial charge >= 0.3 is 0 Å². The van der Waals surface area contributed by atoms with Crippen LogP contribution >= 0.6 is 47.1 Å². The van der Waals surface area contributed by atoms with Gasteiger partial charge in [-0.15, -0.1) is 22.7 Å². The lowest BCUT2D eigenvalue weighted by Crippen LogP contribution is -2.32. The molecule has 10 heteroatoms. The van der Waals surface area contributed by atoms with E-state index in [1.165, 1.54) is 20.2 Å². The predicted molar refractivity (Wildman–Crippen MR) is 167 cm³/mol. The highest BCUT2D eigenvalue weighted by molar-refractivity contribution is 7.80. The molecule has 0 bridgehead atoms. The summed E-state index contributed by atoms with van der Waals surface area (Å²) in [6.07, 6.45) is 0. The fourth-order valence-electron chi connectivity index (χ4n) is 3.10. The molecule has 0 spiro atoms. The summed E-state index contributed by atoms with van der Waals surface area (Å²) < 4.78 is 2.55. The minimum atomic E-state index is 0.554. The second-order valence-corrected chi connectivity index (χ2v) is 10.6. The molecule has 0 aliphatic heterocycles. The van der Waals surface area contributed by atoms with E-state index >= 15 is 0 Å². The van der Waals surface area contributed by atoms with Crippen LogP contribution in [0.5, 0.6) is 0 Å². The SMILES string of the molecule is CCNC(=S)N/N=C(\C)c1cc2ccccc2s1.CCNC(=S)N/N=C(\C)c1cc2ccccc2s1. The van der Waals surface area contributed by atoms with E-state index in [2.05, 4.69) is 68.1 Å². The maximum absolute atomic E-state index is 5.06. The molecule has 36 heavy (non-hydrogen) atoms. The Morgan fingerprint density at radius 2 is 1.08 bits per heavy atom. The zero-order valence-corrected chi connectivity index (χ0v) is 24.0. The maximum Gasteiger partial charge on any atom is 0.186 e. The van der Waals surface area contributed by atoms with Crippen LogP contribution in [0.4, 0.5) is 0 Å². The monoisotopic (exact) mass is 554 g/mol. The molecule has 0 saturated carbocycles. The Morgan fingerprint density at radius 3 is 1.44 bits per heavy atom. The van der Waals surface area contributed by atoms with Crippen LogP contribution in [0.1, 0.15) is 37.4 Å². The fraction of sp³-hybridized carbons (Fsp3) is 0.231. The van der Waals surface area contributed by atoms with Gasteiger partial charge in [0.2, 0.25) is 0 Å². The molecule has 4 aromatic rings. The number of thiocarbonyl (C=S) groups is 2. The van der Waals surface area contributed by atoms with Crippen molar-refractivity contribution in [1.29, 1.82) is 0 Å². The van der Waals surface area contributed by atoms with Gasteiger partial charge in [0.15, 0.2) is 10.2 Å². The number of benzene rings is 2. The summed E-state index contributed by atoms with van der Waals surface area (Å²) in [5, 5.41) is 18.2. The molecule has 0 unspecified atom stereocenters. The Labute approximate surface area is 230 Å². The summed E-state index contributed by atoms with van der Waals surface area (Å²) in [5.74, 6) is 0. The highest BCUT2D eigenvalue weighted by Crippen LogP contribution is 2.26. The van der Waals surface area contributed by atoms with Gasteiger partial charge in [0.1, 0.15) is 0 Å². The topological polar surface area (TPSA) is 72.8 Å². The molecule has 188 valence electrons. The first-order valence-corrected chi connectivity index (χ1v) is 14.0. The van der Waals surface area contributed by atoms with Crippen molar-refractivity contribution in [3.8, 4) is 0 Å². The number of nitrogens with one attached hydrogen (secondary N) is 4. The largest absolute Gasteiger partial charge is 0.362 e. The molecule has 0 amide bonds. The van der Waals surface area contributed by atoms with E-state index in [-0.39, 0.29) is 0 Å². The second-order valence-electron chi connectivity index (χ2n) is 7.63. The Hall–Kier alpha value is -2.92. The lowest BCUT2D eigenvalue weighted by Gasteiger charge is -2.04. The molecule has 0 saturated heterocycles. The molecule has 2 aromatic heterocycles. The molecule has 4 N–H and O–H groups in total. The first-order valence-electron chi connectivity index (χ1n) is 11.5. The summed E-state index contributed by atoms with van der Waals surface area (Å²) >= 11 is 13.6. The Bertz CT molecular complexity index is 1210. The van der Waals surface area contributed by atoms with Gasteiger partial charge in [-0.1, -0.05) is 36.4 Å². The van der Waals surface area contributed by atoms with Crippen molar-refractivity contribution in [2.24, 2.45) is 10.2 Å². The van der Waals surface area contributed by atoms with Crippen LogP contribution in [-0.2, 0) is 0 Å². The third-order valence-corrected chi connectivity index (χ3v) is 7.81. The van der Waals surface area contributed by atoms with Crippen LogP contribution in [0, 0.1) is 0 Å². The van der Waals surface area contributed by atoms with Crippen molar-refractivity contribution < 1.29 is 0 Å². The predicted octanol–water partition coefficient (Wildman–Crippen LogP) is 6.22. The van der Waals surface area contributed by atoms with E-state index < -0.39 is 0 Å². The molecule has 0 radical (unpaired) electrons. The van der Waals surface area contributed by atoms with Crippen LogP contribution in [0.3, 0.4) is 0 Å². The summed E-state index contributed by atoms with van der Waals surface area (Å²) in [6.45, 7) is 9.54. The fourth-order valence-corrected chi connectivity index (χ4v) is 5.50. The number of hydrogen-bond acceptors (Lipinski definition) is 6. The van der Waals surface area contributed by atoms with E-state index in [9.17, 15) is 0 Å². The number of nitrogens with zero attached hydrogens (tertiary/aromatic N) is 2. The highest BCUT2D eigenvalue weighted by Gasteiger charge is 2.05. The van der Waals surface area contributed by atoms with Crippen LogP contribution < -0.4 is 21.5 Å². The van der Waals surface area contributed by atoms with Crippen molar-refractivity contribution in [2.45, 2.75) is 27.7 Å². The van der Waals surface area contributed by atoms with Gasteiger partial charge in [-0.25, -0.2) is 0 Å². The minimum absolute atomic E-state index is 0.554. The first kappa shape index (κ1) is 27.7. The summed E-state index contributed by atoms with van der Waals surface area (Å²) in [6, 6.07) is 20.9. The van der Waals surface area contributed by atoms with Gasteiger partial charge in [0.05, 0.1) is 21.2 Å². The zero-order chi connectivity index (χ0) is 25.9. The maximum atomic E-state index is 5.06. The molecule has 6 nitrogen and oxygen atoms in total. The standard InChI is InChI=1S/2C13H15N3S2/c2*1-3-14-13(17)16-15-9(2)12-8-10-6-4-5-7-11(10)18-12/h2*4-8H,3H2,1-2H3,(H2,14,16,17)/b2*15-9+. The average Bonchev–Trinajstić information content (AvgIpc) is 3.51. The lowest BCUT2D eigenvalue weighted by molar-refractivity contribution is 0.901. The van der Waals surface area contributed by atoms with Crippen LogP contribution in [-0.4, -0.2) is 34.7 Å². The normalized spacial score (nSPS) is 11.6. The molecule has 0 fully saturated rings. The molecule has 0 aliphatic rings. The van der Waals surface area contributed by atoms with Crippen molar-refractivity contribution in [3.05, 3.63) is 70.4 Å². The third-order valence-electron chi connectivity index (χ3n) is 4.89. The van der Waals surface area contributed by atoms with Crippen molar-refractivity contribution >= 4 is 88.9 Å². The Morgan fingerprint density at radius 1 is 0.694 bits per heavy atom. The Balaban J connectivity index is 0.000000201. The lowest BCUT2D eigenvalue weighted by atomic mass is 10.2. The van der Waals surface area contributed by atoms with E-state index in [1.54, 1.807) is 22.7 Å². The second kappa shape index (κ2) is 14.0. The molecular weight excluding hydrogens is 525 g/mol. The number of fused-ring (bicyclic) bond motifs is 2. The average molecular weight is 555 g/mol. The van der Waals surface area contributed by atoms with E-state index in [4.69, 9.17) is 24.4 Å². The highest BCUT2D eigenvalue weighted by atomic mass is 32.1. The van der Waals surface area contributed by atoms with Gasteiger partial charge in [-0.05, 0) is 87.2 Å². The summed E-state index contributed by atoms with van der Waals surface area (Å²) in [7, 11) is 0. The first-order chi connectivity index (χ1) is 17.4. The van der Waals surface area contributed by atoms with Gasteiger partial charge in [-0.3, -0.25) is 10.9 Å². The number of hydrazone groups is 2. The number of thiophene rings is 2. The number of hydrogen-bond donors (Lipinski definition) is 4. The molecule has 4 rings (SSSR count). The van der Waals surface area contributed by atoms with Gasteiger partial charge in [-0.2, -0.15) is 10.2 Å². The molecule has 0 aliphatic carbocycles. The molecular formula is C26H30N6S4. The van der Waals surface area contributed by atoms with E-state index in [1.807, 2.05) is 52.0 Å². The molecule has 0 atom stereocenters. The number of rotatable bonds is 6. The van der Waals surface area contributed by atoms with E-state index in [0.29, 0.717) is 10.2 Å². The smallest absolute Gasteiger partial charge is 0.186 e. The Kier molecular flexibility index (Phi) is 10.7. The third kappa shape index (κ3) is 8.06. The van der Waals surface area contributed by atoms with Crippen molar-refractivity contribution in [2.75, 3.05) is 13.1 Å². The van der Waals surface area contributed by atoms with Crippen LogP contribution in [0.25, 0.3) is 20.2 Å². The summed E-state index contributed by atoms with van der Waals surface area (Å²) in [4.78, 5) is 2.31. The van der Waals surface area contributed by atoms with Crippen LogP contribution in [0.2, 0.25) is 0 Å². The zero-order valence-electron chi connectivity index (χ0n) is 20.7. The van der Waals surface area contributed by atoms with Crippen molar-refractivity contribution in [1.82, 2.24) is 21.5 Å². The quantitative estimate of drug-likeness (QED) is 0.129. The van der Waals surface area contributed by atoms with Gasteiger partial charge in [0, 0.05) is 22.5 Å². The van der Waals surface area contributed by atoms with Crippen LogP contribution in [0.15, 0.2) is 70.9 Å². The van der Waals surface area contributed by atoms with Gasteiger partial charge < -0.3 is 10.6 Å². The summed E-state index contributed by atoms with van der Waals surface area (Å²) in [5.41, 5.74) is 7.56. The molecule has 2 heterocycles. The minimum Gasteiger partial charge on any atom is -0.362 e. The van der Waals surface area contributed by atoms with Crippen molar-refractivity contribution in [3.63, 3.8) is 0 Å². The van der Waals surface area contributed by atoms with E-state index in [0.717, 1.165) is 34.3 Å². The van der Waals surface area contributed by atoms with Gasteiger partial charge in [0.25, 0.3) is 0 Å².